The number of rotatable bonds is 8. The van der Waals surface area contributed by atoms with Gasteiger partial charge in [-0.25, -0.2) is 0 Å². The molecule has 0 aliphatic carbocycles. The van der Waals surface area contributed by atoms with Gasteiger partial charge >= 0.3 is 0 Å². The van der Waals surface area contributed by atoms with Crippen molar-refractivity contribution >= 4 is 68.9 Å². The summed E-state index contributed by atoms with van der Waals surface area (Å²) in [6.45, 7) is 11.4. The number of aryl methyl sites for hydroxylation is 1. The Hall–Kier alpha value is -4.92. The van der Waals surface area contributed by atoms with Gasteiger partial charge in [0, 0.05) is 109 Å². The molecule has 2 N–H and O–H groups in total. The summed E-state index contributed by atoms with van der Waals surface area (Å²) >= 11 is 11.6. The van der Waals surface area contributed by atoms with E-state index in [0.29, 0.717) is 16.3 Å². The Bertz CT molecular complexity index is 2010. The van der Waals surface area contributed by atoms with Crippen molar-refractivity contribution in [3.05, 3.63) is 96.5 Å². The molecule has 3 saturated heterocycles. The lowest BCUT2D eigenvalue weighted by atomic mass is 9.93. The summed E-state index contributed by atoms with van der Waals surface area (Å²) < 4.78 is 0. The van der Waals surface area contributed by atoms with Gasteiger partial charge in [0.2, 0.25) is 0 Å². The smallest absolute Gasteiger partial charge is 0.189 e. The van der Waals surface area contributed by atoms with Gasteiger partial charge in [-0.2, -0.15) is 10.2 Å². The minimum absolute atomic E-state index is 0.256. The summed E-state index contributed by atoms with van der Waals surface area (Å²) in [6.07, 6.45) is 10.7. The van der Waals surface area contributed by atoms with Gasteiger partial charge in [-0.15, -0.1) is 0 Å². The van der Waals surface area contributed by atoms with Crippen LogP contribution in [-0.4, -0.2) is 132 Å². The lowest BCUT2D eigenvalue weighted by Crippen LogP contribution is -2.56. The maximum Gasteiger partial charge on any atom is 0.189 e. The first-order chi connectivity index (χ1) is 27.9. The second-order valence-corrected chi connectivity index (χ2v) is 16.3. The fourth-order valence-corrected chi connectivity index (χ4v) is 9.06. The molecule has 14 heteroatoms. The van der Waals surface area contributed by atoms with E-state index in [1.165, 1.54) is 16.9 Å². The summed E-state index contributed by atoms with van der Waals surface area (Å²) in [7, 11) is 2.09. The zero-order chi connectivity index (χ0) is 39.1. The molecule has 2 unspecified atom stereocenters. The van der Waals surface area contributed by atoms with E-state index in [1.807, 2.05) is 18.5 Å². The van der Waals surface area contributed by atoms with E-state index >= 15 is 0 Å². The summed E-state index contributed by atoms with van der Waals surface area (Å²) in [5.41, 5.74) is 15.4. The van der Waals surface area contributed by atoms with E-state index < -0.39 is 0 Å². The van der Waals surface area contributed by atoms with Crippen LogP contribution in [0.4, 0.5) is 17.1 Å². The third kappa shape index (κ3) is 9.13. The number of nitrogens with zero attached hydrogens (tertiary/aromatic N) is 10. The van der Waals surface area contributed by atoms with Crippen LogP contribution in [0.1, 0.15) is 43.9 Å². The largest absolute Gasteiger partial charge is 0.372 e. The number of piperazine rings is 2. The molecule has 0 amide bonds. The highest BCUT2D eigenvalue weighted by Gasteiger charge is 2.33. The van der Waals surface area contributed by atoms with E-state index in [4.69, 9.17) is 39.6 Å². The highest BCUT2D eigenvalue weighted by molar-refractivity contribution is 7.80. The minimum atomic E-state index is 0.256. The lowest BCUT2D eigenvalue weighted by Gasteiger charge is -2.42. The van der Waals surface area contributed by atoms with Crippen LogP contribution in [0.3, 0.4) is 0 Å². The average Bonchev–Trinajstić information content (AvgIpc) is 3.26. The number of para-hydroxylation sites is 1. The van der Waals surface area contributed by atoms with Gasteiger partial charge in [0.1, 0.15) is 5.69 Å². The Morgan fingerprint density at radius 2 is 1.53 bits per heavy atom. The van der Waals surface area contributed by atoms with Crippen LogP contribution >= 0.6 is 24.4 Å². The number of aliphatic imine (C=N–C) groups is 1. The van der Waals surface area contributed by atoms with E-state index in [2.05, 4.69) is 126 Å². The van der Waals surface area contributed by atoms with Crippen LogP contribution in [0.5, 0.6) is 0 Å². The molecule has 6 heterocycles. The number of fused-ring (bicyclic) bond motifs is 2. The van der Waals surface area contributed by atoms with Gasteiger partial charge in [-0.3, -0.25) is 25.7 Å². The fourth-order valence-electron chi connectivity index (χ4n) is 8.62. The second kappa shape index (κ2) is 18.1. The van der Waals surface area contributed by atoms with Crippen LogP contribution in [0, 0.1) is 0 Å². The van der Waals surface area contributed by atoms with Crippen molar-refractivity contribution in [2.75, 3.05) is 87.2 Å². The Balaban J connectivity index is 0.770. The number of nitrogens with one attached hydrogen (secondary N) is 2. The molecule has 1 aromatic heterocycles. The monoisotopic (exact) mass is 802 g/mol. The Kier molecular flexibility index (Phi) is 12.4. The Morgan fingerprint density at radius 3 is 2.32 bits per heavy atom. The predicted molar refractivity (Wildman–Crippen MR) is 242 cm³/mol. The number of pyridine rings is 1. The Labute approximate surface area is 348 Å². The molecule has 0 radical (unpaired) electrons. The average molecular weight is 803 g/mol. The summed E-state index contributed by atoms with van der Waals surface area (Å²) in [5, 5.41) is 10.9. The van der Waals surface area contributed by atoms with Gasteiger partial charge in [-0.1, -0.05) is 36.4 Å². The zero-order valence-electron chi connectivity index (χ0n) is 33.1. The molecular formula is C43H54N12S2. The van der Waals surface area contributed by atoms with Gasteiger partial charge in [0.05, 0.1) is 28.9 Å². The van der Waals surface area contributed by atoms with Crippen LogP contribution in [-0.2, 0) is 6.42 Å². The molecule has 2 aromatic carbocycles. The number of aromatic nitrogens is 1. The number of hydrogen-bond donors (Lipinski definition) is 2. The van der Waals surface area contributed by atoms with Crippen molar-refractivity contribution < 1.29 is 0 Å². The van der Waals surface area contributed by atoms with Gasteiger partial charge < -0.3 is 24.5 Å². The van der Waals surface area contributed by atoms with Crippen molar-refractivity contribution in [1.82, 2.24) is 30.5 Å². The van der Waals surface area contributed by atoms with Crippen LogP contribution < -0.4 is 25.6 Å². The van der Waals surface area contributed by atoms with Crippen LogP contribution in [0.2, 0.25) is 0 Å². The Morgan fingerprint density at radius 1 is 0.789 bits per heavy atom. The topological polar surface area (TPSA) is 93.5 Å². The highest BCUT2D eigenvalue weighted by Crippen LogP contribution is 2.25. The first-order valence-electron chi connectivity index (χ1n) is 20.4. The molecule has 5 aliphatic rings. The molecule has 3 fully saturated rings. The molecule has 8 rings (SSSR count). The molecular weight excluding hydrogens is 749 g/mol. The van der Waals surface area contributed by atoms with Gasteiger partial charge in [0.25, 0.3) is 0 Å². The van der Waals surface area contributed by atoms with Crippen LogP contribution in [0.25, 0.3) is 0 Å². The van der Waals surface area contributed by atoms with Crippen molar-refractivity contribution in [2.24, 2.45) is 15.2 Å². The molecule has 0 spiro atoms. The van der Waals surface area contributed by atoms with Crippen LogP contribution in [0.15, 0.2) is 100 Å². The normalized spacial score (nSPS) is 22.6. The van der Waals surface area contributed by atoms with Crippen molar-refractivity contribution in [3.8, 4) is 0 Å². The number of likely N-dealkylation sites (tertiary alicyclic amines) is 1. The summed E-state index contributed by atoms with van der Waals surface area (Å²) in [5.74, 6) is 0. The molecule has 2 atom stereocenters. The maximum absolute atomic E-state index is 5.83. The van der Waals surface area contributed by atoms with Gasteiger partial charge in [0.15, 0.2) is 10.2 Å². The molecule has 0 saturated carbocycles. The molecule has 3 aromatic rings. The van der Waals surface area contributed by atoms with Gasteiger partial charge in [-0.05, 0) is 99.1 Å². The van der Waals surface area contributed by atoms with Crippen molar-refractivity contribution in [2.45, 2.75) is 51.1 Å². The summed E-state index contributed by atoms with van der Waals surface area (Å²) in [4.78, 5) is 23.6. The maximum atomic E-state index is 5.83. The number of thiocarbonyl (C=S) groups is 2. The zero-order valence-corrected chi connectivity index (χ0v) is 34.8. The third-order valence-electron chi connectivity index (χ3n) is 11.9. The van der Waals surface area contributed by atoms with E-state index in [9.17, 15) is 0 Å². The minimum Gasteiger partial charge on any atom is -0.372 e. The molecule has 298 valence electrons. The first-order valence-corrected chi connectivity index (χ1v) is 21.2. The molecule has 12 nitrogen and oxygen atoms in total. The highest BCUT2D eigenvalue weighted by atomic mass is 32.1. The first kappa shape index (κ1) is 38.9. The standard InChI is InChI=1S/C43H54N12S2/c1-32-31-54(29-30-55(32)35-10-4-3-5-11-35)43(57)49-47-37-19-24-52(39-13-7-21-45-41(37)39)22-8-9-33-14-16-34(17-15-33)51-25-27-53(28-26-51)42(56)48-46-36-18-23-50(2)38-12-6-20-44-40(36)38/h3-7,10-12,14-17,20-21,32,39H,8-9,13,18-19,22-31H2,1-2H3,(H,48,56)(H,49,57)/b46-36-,47-37-. The number of piperidine rings is 1. The SMILES string of the molecule is CC1CN(C(=S)N/N=C2/CCN(CCCc3ccc(N4CCN(C(=S)N/N=C5/CCN(C)c6cccnc65)CC4)cc3)C3CC=CN=C23)CCN1c1ccccc1. The molecule has 5 aliphatic heterocycles. The second-order valence-electron chi connectivity index (χ2n) is 15.5. The number of anilines is 3. The number of hydrazone groups is 2. The lowest BCUT2D eigenvalue weighted by molar-refractivity contribution is 0.239. The van der Waals surface area contributed by atoms with E-state index in [1.54, 1.807) is 0 Å². The van der Waals surface area contributed by atoms with E-state index in [0.717, 1.165) is 126 Å². The third-order valence-corrected chi connectivity index (χ3v) is 12.6. The fraction of sp³-hybridized carbons (Fsp3) is 0.442. The van der Waals surface area contributed by atoms with Crippen molar-refractivity contribution in [1.29, 1.82) is 0 Å². The number of benzene rings is 2. The predicted octanol–water partition coefficient (Wildman–Crippen LogP) is 5.13. The summed E-state index contributed by atoms with van der Waals surface area (Å²) in [6, 6.07) is 24.5. The van der Waals surface area contributed by atoms with E-state index in [-0.39, 0.29) is 6.04 Å². The van der Waals surface area contributed by atoms with Crippen molar-refractivity contribution in [3.63, 3.8) is 0 Å². The molecule has 0 bridgehead atoms. The quantitative estimate of drug-likeness (QED) is 0.235. The molecule has 57 heavy (non-hydrogen) atoms. The number of hydrogen-bond acceptors (Lipinski definition) is 10.